The summed E-state index contributed by atoms with van der Waals surface area (Å²) in [5.41, 5.74) is 6.30. The Morgan fingerprint density at radius 2 is 1.95 bits per heavy atom. The zero-order valence-electron chi connectivity index (χ0n) is 20.6. The number of carbonyl (C=O) groups is 1. The molecule has 0 bridgehead atoms. The van der Waals surface area contributed by atoms with Crippen LogP contribution in [0, 0.1) is 0 Å². The highest BCUT2D eigenvalue weighted by atomic mass is 31.2. The normalized spacial score (nSPS) is 22.4. The quantitative estimate of drug-likeness (QED) is 0.0554. The van der Waals surface area contributed by atoms with Gasteiger partial charge in [-0.3, -0.25) is 29.5 Å². The zero-order chi connectivity index (χ0) is 30.0. The Balaban J connectivity index is 0.000000241. The van der Waals surface area contributed by atoms with Gasteiger partial charge in [-0.25, -0.2) is 15.0 Å². The number of carboxylic acids is 1. The number of imidazole rings is 1. The van der Waals surface area contributed by atoms with E-state index in [1.807, 2.05) is 0 Å². The highest BCUT2D eigenvalue weighted by Gasteiger charge is 2.45. The van der Waals surface area contributed by atoms with Crippen LogP contribution < -0.4 is 22.6 Å². The van der Waals surface area contributed by atoms with Crippen molar-refractivity contribution in [3.8, 4) is 11.5 Å². The minimum Gasteiger partial charge on any atom is -0.504 e. The van der Waals surface area contributed by atoms with E-state index in [9.17, 15) is 29.5 Å². The number of phenols is 2. The number of fused-ring (bicyclic) bond motifs is 1. The number of aromatic amines is 1. The molecule has 20 heteroatoms. The van der Waals surface area contributed by atoms with Crippen LogP contribution in [0.2, 0.25) is 0 Å². The van der Waals surface area contributed by atoms with Crippen LogP contribution in [0.5, 0.6) is 11.5 Å². The van der Waals surface area contributed by atoms with Crippen LogP contribution in [0.25, 0.3) is 11.2 Å². The van der Waals surface area contributed by atoms with Crippen LogP contribution in [0.1, 0.15) is 18.7 Å². The predicted octanol–water partition coefficient (Wildman–Crippen LogP) is -2.62. The van der Waals surface area contributed by atoms with E-state index in [1.165, 1.54) is 36.0 Å². The number of anilines is 1. The zero-order valence-corrected chi connectivity index (χ0v) is 21.5. The Morgan fingerprint density at radius 3 is 2.52 bits per heavy atom. The van der Waals surface area contributed by atoms with E-state index in [1.54, 1.807) is 0 Å². The Kier molecular flexibility index (Phi) is 9.14. The summed E-state index contributed by atoms with van der Waals surface area (Å²) in [7, 11) is -4.76. The van der Waals surface area contributed by atoms with E-state index >= 15 is 0 Å². The van der Waals surface area contributed by atoms with Crippen LogP contribution in [0.4, 0.5) is 5.95 Å². The Labute approximate surface area is 223 Å². The first-order valence-electron chi connectivity index (χ1n) is 11.2. The Morgan fingerprint density at radius 1 is 1.27 bits per heavy atom. The van der Waals surface area contributed by atoms with Crippen molar-refractivity contribution in [2.24, 2.45) is 5.84 Å². The summed E-state index contributed by atoms with van der Waals surface area (Å²) in [5, 5.41) is 47.4. The van der Waals surface area contributed by atoms with Gasteiger partial charge in [0.25, 0.3) is 5.56 Å². The minimum absolute atomic E-state index is 0.0176. The molecule has 0 spiro atoms. The number of carboxylic acid groups (broad SMARTS) is 1. The number of hydrogen-bond acceptors (Lipinski definition) is 14. The van der Waals surface area contributed by atoms with Gasteiger partial charge in [-0.2, -0.15) is 4.98 Å². The monoisotopic (exact) mass is 589 g/mol. The largest absolute Gasteiger partial charge is 0.504 e. The van der Waals surface area contributed by atoms with Gasteiger partial charge >= 0.3 is 13.8 Å². The summed E-state index contributed by atoms with van der Waals surface area (Å²) in [6, 6.07) is 4.12. The molecule has 4 rings (SSSR count). The van der Waals surface area contributed by atoms with Gasteiger partial charge in [-0.05, 0) is 24.6 Å². The van der Waals surface area contributed by atoms with Gasteiger partial charge < -0.3 is 45.8 Å². The van der Waals surface area contributed by atoms with Gasteiger partial charge in [0.15, 0.2) is 28.9 Å². The van der Waals surface area contributed by atoms with Crippen molar-refractivity contribution in [3.05, 3.63) is 40.4 Å². The molecule has 0 radical (unpaired) electrons. The first-order chi connectivity index (χ1) is 18.6. The number of hydrazine groups is 1. The molecule has 5 atom stereocenters. The first kappa shape index (κ1) is 30.9. The smallest absolute Gasteiger partial charge is 0.469 e. The summed E-state index contributed by atoms with van der Waals surface area (Å²) in [5.74, 6) is 3.37. The Hall–Kier alpha value is -3.65. The van der Waals surface area contributed by atoms with Crippen LogP contribution in [-0.4, -0.2) is 91.3 Å². The number of ether oxygens (including phenoxy) is 1. The van der Waals surface area contributed by atoms with Gasteiger partial charge in [-0.1, -0.05) is 6.07 Å². The maximum atomic E-state index is 11.7. The summed E-state index contributed by atoms with van der Waals surface area (Å²) in [4.78, 5) is 50.1. The van der Waals surface area contributed by atoms with E-state index in [2.05, 4.69) is 24.9 Å². The lowest BCUT2D eigenvalue weighted by molar-refractivity contribution is -0.144. The fraction of sp³-hybridized carbons (Fsp3) is 0.400. The second-order valence-corrected chi connectivity index (χ2v) is 10.1. The number of H-pyrrole nitrogens is 1. The van der Waals surface area contributed by atoms with Crippen LogP contribution in [0.15, 0.2) is 29.3 Å². The van der Waals surface area contributed by atoms with E-state index in [4.69, 9.17) is 36.3 Å². The molecule has 0 aliphatic carbocycles. The van der Waals surface area contributed by atoms with Gasteiger partial charge in [0.2, 0.25) is 5.95 Å². The number of aliphatic hydroxyl groups excluding tert-OH is 2. The lowest BCUT2D eigenvalue weighted by atomic mass is 9.93. The van der Waals surface area contributed by atoms with Crippen LogP contribution in [0.3, 0.4) is 0 Å². The van der Waals surface area contributed by atoms with E-state index in [-0.39, 0.29) is 35.0 Å². The third-order valence-electron chi connectivity index (χ3n) is 5.86. The Bertz CT molecular complexity index is 1480. The van der Waals surface area contributed by atoms with Crippen molar-refractivity contribution in [2.45, 2.75) is 43.4 Å². The summed E-state index contributed by atoms with van der Waals surface area (Å²) in [6.07, 6.45) is -4.13. The molecule has 0 unspecified atom stereocenters. The third kappa shape index (κ3) is 6.91. The first-order valence-corrected chi connectivity index (χ1v) is 12.8. The number of aromatic nitrogens is 4. The number of phosphoric ester groups is 1. The van der Waals surface area contributed by atoms with E-state index in [0.29, 0.717) is 5.56 Å². The number of nitrogens with one attached hydrogen (secondary N) is 2. The lowest BCUT2D eigenvalue weighted by Crippen LogP contribution is -2.54. The average Bonchev–Trinajstić information content (AvgIpc) is 3.40. The number of nitrogens with zero attached hydrogens (tertiary/aromatic N) is 3. The number of phenolic OH excluding ortho intramolecular Hbond substituents is 2. The summed E-state index contributed by atoms with van der Waals surface area (Å²) in [6.45, 7) is 0.779. The third-order valence-corrected chi connectivity index (χ3v) is 6.34. The minimum atomic E-state index is -4.76. The molecule has 1 aliphatic heterocycles. The fourth-order valence-corrected chi connectivity index (χ4v) is 4.01. The number of nitrogen functional groups attached to an aromatic ring is 1. The van der Waals surface area contributed by atoms with Gasteiger partial charge in [0.1, 0.15) is 23.9 Å². The SMILES string of the molecule is C[C@@](Cc1ccc(O)c(O)c1)(NN)C(=O)O.Nc1nc2c(ncn2[C@@H]2O[C@H](COP(=O)(O)O)[C@@H](O)[C@H]2O)c(=O)[nH]1. The number of rotatable bonds is 8. The second kappa shape index (κ2) is 11.8. The predicted molar refractivity (Wildman–Crippen MR) is 133 cm³/mol. The molecule has 0 amide bonds. The van der Waals surface area contributed by atoms with Crippen molar-refractivity contribution >= 4 is 30.9 Å². The van der Waals surface area contributed by atoms with Gasteiger partial charge in [-0.15, -0.1) is 0 Å². The molecule has 40 heavy (non-hydrogen) atoms. The van der Waals surface area contributed by atoms with Crippen LogP contribution in [-0.2, 0) is 25.0 Å². The standard InChI is InChI=1S/C10H14N5O8P.C10H14N2O4/c11-10-13-7-4(8(18)14-10)12-2-15(7)9-6(17)5(16)3(23-9)1-22-24(19,20)21;1-10(12-11,9(15)16)5-6-2-3-7(13)8(14)4-6/h2-3,5-6,9,16-17H,1H2,(H2,19,20,21)(H3,11,13,14,18);2-4,12-14H,5,11H2,1H3,(H,15,16)/t3-,5-,6-,9-;10-/m10/s1. The molecular formula is C20H28N7O12P. The summed E-state index contributed by atoms with van der Waals surface area (Å²) >= 11 is 0. The summed E-state index contributed by atoms with van der Waals surface area (Å²) < 4.78 is 21.6. The molecule has 3 heterocycles. The van der Waals surface area contributed by atoms with Crippen LogP contribution >= 0.6 is 7.82 Å². The highest BCUT2D eigenvalue weighted by Crippen LogP contribution is 2.38. The molecule has 1 aliphatic rings. The second-order valence-electron chi connectivity index (χ2n) is 8.89. The maximum absolute atomic E-state index is 11.7. The van der Waals surface area contributed by atoms with Crippen molar-refractivity contribution in [3.63, 3.8) is 0 Å². The number of benzene rings is 1. The van der Waals surface area contributed by atoms with Crippen molar-refractivity contribution in [2.75, 3.05) is 12.3 Å². The van der Waals surface area contributed by atoms with Crippen molar-refractivity contribution < 1.29 is 53.9 Å². The molecule has 1 fully saturated rings. The maximum Gasteiger partial charge on any atom is 0.469 e. The number of nitrogens with two attached hydrogens (primary N) is 2. The fourth-order valence-electron chi connectivity index (χ4n) is 3.67. The number of aliphatic carboxylic acids is 1. The molecular weight excluding hydrogens is 561 g/mol. The number of aromatic hydroxyl groups is 2. The molecule has 13 N–H and O–H groups in total. The molecule has 3 aromatic rings. The average molecular weight is 589 g/mol. The van der Waals surface area contributed by atoms with Gasteiger partial charge in [0.05, 0.1) is 12.9 Å². The van der Waals surface area contributed by atoms with Crippen molar-refractivity contribution in [1.82, 2.24) is 24.9 Å². The molecule has 220 valence electrons. The number of hydrogen-bond donors (Lipinski definition) is 11. The molecule has 1 aromatic carbocycles. The molecule has 1 saturated heterocycles. The number of aliphatic hydroxyl groups is 2. The van der Waals surface area contributed by atoms with E-state index < -0.39 is 56.0 Å². The molecule has 19 nitrogen and oxygen atoms in total. The van der Waals surface area contributed by atoms with Crippen molar-refractivity contribution in [1.29, 1.82) is 0 Å². The topological polar surface area (TPSA) is 322 Å². The molecule has 2 aromatic heterocycles. The molecule has 0 saturated carbocycles. The van der Waals surface area contributed by atoms with E-state index in [0.717, 1.165) is 0 Å². The highest BCUT2D eigenvalue weighted by molar-refractivity contribution is 7.46. The lowest BCUT2D eigenvalue weighted by Gasteiger charge is -2.23. The number of phosphoric acid groups is 1. The van der Waals surface area contributed by atoms with Gasteiger partial charge in [0, 0.05) is 6.42 Å².